The zero-order valence-electron chi connectivity index (χ0n) is 6.05. The van der Waals surface area contributed by atoms with Crippen molar-refractivity contribution in [1.82, 2.24) is 0 Å². The molecule has 0 spiro atoms. The average Bonchev–Trinajstić information content (AvgIpc) is 2.03. The van der Waals surface area contributed by atoms with Crippen molar-refractivity contribution in [2.75, 3.05) is 0 Å². The number of rotatable bonds is 2. The van der Waals surface area contributed by atoms with Gasteiger partial charge in [-0.15, -0.1) is 0 Å². The fourth-order valence-corrected chi connectivity index (χ4v) is 1.51. The molecule has 0 aliphatic heterocycles. The molecule has 0 aliphatic carbocycles. The van der Waals surface area contributed by atoms with Gasteiger partial charge in [-0.2, -0.15) is 0 Å². The first-order valence-corrected chi connectivity index (χ1v) is 4.75. The molecule has 12 heavy (non-hydrogen) atoms. The van der Waals surface area contributed by atoms with E-state index >= 15 is 0 Å². The molecule has 0 amide bonds. The van der Waals surface area contributed by atoms with E-state index in [9.17, 15) is 9.18 Å². The quantitative estimate of drug-likeness (QED) is 0.667. The summed E-state index contributed by atoms with van der Waals surface area (Å²) in [5.41, 5.74) is 0.689. The maximum atomic E-state index is 12.6. The van der Waals surface area contributed by atoms with Gasteiger partial charge in [-0.1, -0.05) is 22.6 Å². The van der Waals surface area contributed by atoms with Gasteiger partial charge in [-0.05, 0) is 23.8 Å². The van der Waals surface area contributed by atoms with Gasteiger partial charge < -0.3 is 5.11 Å². The van der Waals surface area contributed by atoms with Crippen LogP contribution in [0.4, 0.5) is 4.39 Å². The number of hydrogen-bond donors (Lipinski definition) is 1. The van der Waals surface area contributed by atoms with Crippen molar-refractivity contribution < 1.29 is 14.3 Å². The Kier molecular flexibility index (Phi) is 3.02. The summed E-state index contributed by atoms with van der Waals surface area (Å²) in [5, 5.41) is 8.66. The third kappa shape index (κ3) is 1.94. The van der Waals surface area contributed by atoms with E-state index in [1.807, 2.05) is 22.6 Å². The minimum absolute atomic E-state index is 0.172. The normalized spacial score (nSPS) is 9.83. The third-order valence-corrected chi connectivity index (χ3v) is 2.26. The molecule has 0 saturated carbocycles. The Bertz CT molecular complexity index is 312. The van der Waals surface area contributed by atoms with Gasteiger partial charge in [0.25, 0.3) is 0 Å². The molecule has 0 heterocycles. The number of carbonyl (C=O) groups is 1. The number of carboxylic acid groups (broad SMARTS) is 1. The van der Waals surface area contributed by atoms with Gasteiger partial charge in [0.1, 0.15) is 5.82 Å². The molecule has 1 rings (SSSR count). The van der Waals surface area contributed by atoms with Gasteiger partial charge in [-0.25, -0.2) is 9.18 Å². The Hall–Kier alpha value is -0.650. The van der Waals surface area contributed by atoms with E-state index < -0.39 is 11.8 Å². The van der Waals surface area contributed by atoms with Crippen molar-refractivity contribution >= 4 is 28.6 Å². The summed E-state index contributed by atoms with van der Waals surface area (Å²) in [4.78, 5) is 10.6. The minimum Gasteiger partial charge on any atom is -0.478 e. The number of hydrogen-bond acceptors (Lipinski definition) is 1. The number of alkyl halides is 1. The Morgan fingerprint density at radius 1 is 1.58 bits per heavy atom. The molecule has 1 N–H and O–H groups in total. The maximum absolute atomic E-state index is 12.6. The number of aromatic carboxylic acids is 1. The Labute approximate surface area is 82.5 Å². The maximum Gasteiger partial charge on any atom is 0.335 e. The van der Waals surface area contributed by atoms with Gasteiger partial charge in [0.05, 0.1) is 5.56 Å². The molecule has 0 bridgehead atoms. The van der Waals surface area contributed by atoms with Crippen molar-refractivity contribution in [2.45, 2.75) is 4.43 Å². The van der Waals surface area contributed by atoms with Crippen LogP contribution < -0.4 is 0 Å². The molecule has 0 saturated heterocycles. The van der Waals surface area contributed by atoms with E-state index in [0.717, 1.165) is 6.07 Å². The monoisotopic (exact) mass is 280 g/mol. The standard InChI is InChI=1S/C8H6FIO2/c9-6-1-2-7(8(11)12)5(3-6)4-10/h1-3H,4H2,(H,11,12). The predicted molar refractivity (Wildman–Crippen MR) is 51.1 cm³/mol. The molecule has 1 aromatic rings. The second kappa shape index (κ2) is 3.84. The molecule has 64 valence electrons. The van der Waals surface area contributed by atoms with Gasteiger partial charge in [-0.3, -0.25) is 0 Å². The Balaban J connectivity index is 3.20. The van der Waals surface area contributed by atoms with E-state index in [4.69, 9.17) is 5.11 Å². The highest BCUT2D eigenvalue weighted by molar-refractivity contribution is 14.1. The lowest BCUT2D eigenvalue weighted by atomic mass is 10.1. The second-order valence-corrected chi connectivity index (χ2v) is 3.00. The lowest BCUT2D eigenvalue weighted by molar-refractivity contribution is 0.0696. The molecular weight excluding hydrogens is 274 g/mol. The van der Waals surface area contributed by atoms with Gasteiger partial charge in [0.15, 0.2) is 0 Å². The largest absolute Gasteiger partial charge is 0.478 e. The molecule has 0 aromatic heterocycles. The SMILES string of the molecule is O=C(O)c1ccc(F)cc1CI. The van der Waals surface area contributed by atoms with Crippen molar-refractivity contribution in [1.29, 1.82) is 0 Å². The fourth-order valence-electron chi connectivity index (χ4n) is 0.881. The summed E-state index contributed by atoms with van der Waals surface area (Å²) in [6.07, 6.45) is 0. The van der Waals surface area contributed by atoms with Gasteiger partial charge in [0.2, 0.25) is 0 Å². The number of benzene rings is 1. The van der Waals surface area contributed by atoms with Crippen molar-refractivity contribution in [2.24, 2.45) is 0 Å². The van der Waals surface area contributed by atoms with E-state index in [2.05, 4.69) is 0 Å². The number of carboxylic acids is 1. The average molecular weight is 280 g/mol. The molecule has 4 heteroatoms. The first kappa shape index (κ1) is 9.44. The smallest absolute Gasteiger partial charge is 0.335 e. The highest BCUT2D eigenvalue weighted by atomic mass is 127. The van der Waals surface area contributed by atoms with Crippen molar-refractivity contribution in [3.63, 3.8) is 0 Å². The summed E-state index contributed by atoms with van der Waals surface area (Å²) < 4.78 is 13.1. The minimum atomic E-state index is -1.01. The Morgan fingerprint density at radius 2 is 2.25 bits per heavy atom. The third-order valence-electron chi connectivity index (χ3n) is 1.44. The van der Waals surface area contributed by atoms with Crippen LogP contribution in [0.25, 0.3) is 0 Å². The molecule has 0 aliphatic rings. The van der Waals surface area contributed by atoms with Crippen LogP contribution in [0.2, 0.25) is 0 Å². The topological polar surface area (TPSA) is 37.3 Å². The van der Waals surface area contributed by atoms with E-state index in [1.54, 1.807) is 0 Å². The summed E-state index contributed by atoms with van der Waals surface area (Å²) in [7, 11) is 0. The summed E-state index contributed by atoms with van der Waals surface area (Å²) in [6.45, 7) is 0. The molecule has 1 aromatic carbocycles. The van der Waals surface area contributed by atoms with Crippen molar-refractivity contribution in [3.8, 4) is 0 Å². The summed E-state index contributed by atoms with van der Waals surface area (Å²) >= 11 is 2.00. The van der Waals surface area contributed by atoms with Crippen LogP contribution in [-0.2, 0) is 4.43 Å². The molecule has 2 nitrogen and oxygen atoms in total. The fraction of sp³-hybridized carbons (Fsp3) is 0.125. The lowest BCUT2D eigenvalue weighted by Gasteiger charge is -2.01. The van der Waals surface area contributed by atoms with E-state index in [0.29, 0.717) is 9.99 Å². The van der Waals surface area contributed by atoms with Crippen LogP contribution >= 0.6 is 22.6 Å². The number of halogens is 2. The molecule has 0 atom stereocenters. The molecule has 0 radical (unpaired) electrons. The first-order chi connectivity index (χ1) is 5.65. The molecule has 0 unspecified atom stereocenters. The summed E-state index contributed by atoms with van der Waals surface area (Å²) in [6, 6.07) is 3.68. The first-order valence-electron chi connectivity index (χ1n) is 3.23. The zero-order chi connectivity index (χ0) is 9.14. The second-order valence-electron chi connectivity index (χ2n) is 2.24. The van der Waals surface area contributed by atoms with Crippen LogP contribution in [0.5, 0.6) is 0 Å². The molecule has 0 fully saturated rings. The highest BCUT2D eigenvalue weighted by Gasteiger charge is 2.08. The lowest BCUT2D eigenvalue weighted by Crippen LogP contribution is -2.01. The van der Waals surface area contributed by atoms with E-state index in [1.165, 1.54) is 12.1 Å². The molecular formula is C8H6FIO2. The predicted octanol–water partition coefficient (Wildman–Crippen LogP) is 2.46. The van der Waals surface area contributed by atoms with Crippen molar-refractivity contribution in [3.05, 3.63) is 35.1 Å². The van der Waals surface area contributed by atoms with Crippen LogP contribution in [0.3, 0.4) is 0 Å². The van der Waals surface area contributed by atoms with E-state index in [-0.39, 0.29) is 5.56 Å². The van der Waals surface area contributed by atoms with Crippen LogP contribution in [0.15, 0.2) is 18.2 Å². The van der Waals surface area contributed by atoms with Crippen LogP contribution in [-0.4, -0.2) is 11.1 Å². The van der Waals surface area contributed by atoms with Crippen LogP contribution in [0, 0.1) is 5.82 Å². The van der Waals surface area contributed by atoms with Gasteiger partial charge in [0, 0.05) is 4.43 Å². The zero-order valence-corrected chi connectivity index (χ0v) is 8.21. The Morgan fingerprint density at radius 3 is 2.75 bits per heavy atom. The highest BCUT2D eigenvalue weighted by Crippen LogP contribution is 2.14. The van der Waals surface area contributed by atoms with Crippen LogP contribution in [0.1, 0.15) is 15.9 Å². The van der Waals surface area contributed by atoms with Gasteiger partial charge >= 0.3 is 5.97 Å². The summed E-state index contributed by atoms with van der Waals surface area (Å²) in [5.74, 6) is -1.41.